The summed E-state index contributed by atoms with van der Waals surface area (Å²) >= 11 is 0. The van der Waals surface area contributed by atoms with E-state index >= 15 is 0 Å². The van der Waals surface area contributed by atoms with Crippen LogP contribution in [0.25, 0.3) is 11.0 Å². The summed E-state index contributed by atoms with van der Waals surface area (Å²) in [5.74, 6) is 0.746. The normalized spacial score (nSPS) is 11.3. The largest absolute Gasteiger partial charge is 0.388 e. The number of unbranched alkanes of at least 4 members (excludes halogenated alkanes) is 2. The standard InChI is InChI=1S/C14H21N3O/c1-2-3-4-7-17-13-6-5-11(9-15)8-12(13)16-14(17)10-18/h5-6,8,18H,2-4,7,9-10,15H2,1H3. The predicted molar refractivity (Wildman–Crippen MR) is 73.1 cm³/mol. The van der Waals surface area contributed by atoms with Gasteiger partial charge in [0.2, 0.25) is 0 Å². The number of nitrogens with two attached hydrogens (primary N) is 1. The average Bonchev–Trinajstić information content (AvgIpc) is 2.76. The van der Waals surface area contributed by atoms with E-state index in [1.807, 2.05) is 12.1 Å². The van der Waals surface area contributed by atoms with Gasteiger partial charge in [-0.2, -0.15) is 0 Å². The lowest BCUT2D eigenvalue weighted by Gasteiger charge is -2.07. The Labute approximate surface area is 107 Å². The first kappa shape index (κ1) is 13.1. The van der Waals surface area contributed by atoms with Crippen molar-refractivity contribution in [2.24, 2.45) is 5.73 Å². The summed E-state index contributed by atoms with van der Waals surface area (Å²) in [7, 11) is 0. The Morgan fingerprint density at radius 2 is 2.17 bits per heavy atom. The summed E-state index contributed by atoms with van der Waals surface area (Å²) in [6.45, 7) is 3.61. The molecule has 0 saturated carbocycles. The Kier molecular flexibility index (Phi) is 4.33. The summed E-state index contributed by atoms with van der Waals surface area (Å²) in [6, 6.07) is 6.09. The van der Waals surface area contributed by atoms with Crippen molar-refractivity contribution in [3.63, 3.8) is 0 Å². The molecule has 4 heteroatoms. The van der Waals surface area contributed by atoms with Gasteiger partial charge in [-0.15, -0.1) is 0 Å². The van der Waals surface area contributed by atoms with Crippen molar-refractivity contribution in [3.8, 4) is 0 Å². The van der Waals surface area contributed by atoms with Crippen molar-refractivity contribution in [3.05, 3.63) is 29.6 Å². The van der Waals surface area contributed by atoms with E-state index < -0.39 is 0 Å². The van der Waals surface area contributed by atoms with Crippen LogP contribution in [0.3, 0.4) is 0 Å². The van der Waals surface area contributed by atoms with E-state index in [0.717, 1.165) is 35.4 Å². The number of fused-ring (bicyclic) bond motifs is 1. The van der Waals surface area contributed by atoms with Gasteiger partial charge in [-0.05, 0) is 24.1 Å². The molecular formula is C14H21N3O. The second-order valence-electron chi connectivity index (χ2n) is 4.57. The molecule has 3 N–H and O–H groups in total. The Morgan fingerprint density at radius 3 is 2.83 bits per heavy atom. The quantitative estimate of drug-likeness (QED) is 0.769. The fourth-order valence-corrected chi connectivity index (χ4v) is 2.24. The third-order valence-corrected chi connectivity index (χ3v) is 3.25. The number of aryl methyl sites for hydroxylation is 1. The molecule has 0 aliphatic rings. The van der Waals surface area contributed by atoms with Gasteiger partial charge in [-0.3, -0.25) is 0 Å². The van der Waals surface area contributed by atoms with Crippen LogP contribution in [0.4, 0.5) is 0 Å². The zero-order valence-electron chi connectivity index (χ0n) is 10.9. The van der Waals surface area contributed by atoms with Crippen molar-refractivity contribution in [2.75, 3.05) is 0 Å². The van der Waals surface area contributed by atoms with Crippen LogP contribution < -0.4 is 5.73 Å². The molecule has 0 fully saturated rings. The first-order valence-electron chi connectivity index (χ1n) is 6.59. The number of aliphatic hydroxyl groups is 1. The lowest BCUT2D eigenvalue weighted by molar-refractivity contribution is 0.265. The van der Waals surface area contributed by atoms with Crippen molar-refractivity contribution in [1.82, 2.24) is 9.55 Å². The summed E-state index contributed by atoms with van der Waals surface area (Å²) in [5, 5.41) is 9.39. The van der Waals surface area contributed by atoms with Crippen LogP contribution in [-0.2, 0) is 19.7 Å². The van der Waals surface area contributed by atoms with Crippen LogP contribution in [0.5, 0.6) is 0 Å². The molecule has 0 radical (unpaired) electrons. The van der Waals surface area contributed by atoms with Crippen molar-refractivity contribution in [1.29, 1.82) is 0 Å². The molecule has 2 rings (SSSR count). The third-order valence-electron chi connectivity index (χ3n) is 3.25. The summed E-state index contributed by atoms with van der Waals surface area (Å²) in [4.78, 5) is 4.48. The van der Waals surface area contributed by atoms with Crippen LogP contribution in [0.1, 0.15) is 37.6 Å². The minimum absolute atomic E-state index is 0.0151. The maximum absolute atomic E-state index is 9.39. The van der Waals surface area contributed by atoms with Crippen molar-refractivity contribution >= 4 is 11.0 Å². The van der Waals surface area contributed by atoms with Gasteiger partial charge in [0.05, 0.1) is 11.0 Å². The monoisotopic (exact) mass is 247 g/mol. The minimum atomic E-state index is -0.0151. The first-order valence-corrected chi connectivity index (χ1v) is 6.59. The van der Waals surface area contributed by atoms with Crippen molar-refractivity contribution < 1.29 is 5.11 Å². The molecule has 4 nitrogen and oxygen atoms in total. The molecule has 0 spiro atoms. The van der Waals surface area contributed by atoms with Gasteiger partial charge in [0.15, 0.2) is 0 Å². The number of nitrogens with zero attached hydrogens (tertiary/aromatic N) is 2. The van der Waals surface area contributed by atoms with Gasteiger partial charge in [0, 0.05) is 13.1 Å². The summed E-state index contributed by atoms with van der Waals surface area (Å²) < 4.78 is 2.12. The number of hydrogen-bond donors (Lipinski definition) is 2. The zero-order chi connectivity index (χ0) is 13.0. The van der Waals surface area contributed by atoms with E-state index in [2.05, 4.69) is 22.5 Å². The maximum Gasteiger partial charge on any atom is 0.135 e. The van der Waals surface area contributed by atoms with Gasteiger partial charge in [-0.1, -0.05) is 25.8 Å². The topological polar surface area (TPSA) is 64.1 Å². The number of rotatable bonds is 6. The van der Waals surface area contributed by atoms with Gasteiger partial charge in [-0.25, -0.2) is 4.98 Å². The van der Waals surface area contributed by atoms with Crippen LogP contribution in [-0.4, -0.2) is 14.7 Å². The molecule has 0 saturated heterocycles. The average molecular weight is 247 g/mol. The molecule has 1 heterocycles. The molecule has 0 aliphatic carbocycles. The molecular weight excluding hydrogens is 226 g/mol. The van der Waals surface area contributed by atoms with E-state index in [1.54, 1.807) is 0 Å². The molecule has 0 bridgehead atoms. The van der Waals surface area contributed by atoms with Crippen LogP contribution in [0.2, 0.25) is 0 Å². The number of aliphatic hydroxyl groups excluding tert-OH is 1. The fraction of sp³-hybridized carbons (Fsp3) is 0.500. The lowest BCUT2D eigenvalue weighted by atomic mass is 10.2. The maximum atomic E-state index is 9.39. The molecule has 98 valence electrons. The Hall–Kier alpha value is -1.39. The second-order valence-corrected chi connectivity index (χ2v) is 4.57. The van der Waals surface area contributed by atoms with E-state index in [9.17, 15) is 5.11 Å². The first-order chi connectivity index (χ1) is 8.80. The van der Waals surface area contributed by atoms with E-state index in [4.69, 9.17) is 5.73 Å². The van der Waals surface area contributed by atoms with Gasteiger partial charge in [0.1, 0.15) is 12.4 Å². The molecule has 0 atom stereocenters. The summed E-state index contributed by atoms with van der Waals surface area (Å²) in [6.07, 6.45) is 3.51. The minimum Gasteiger partial charge on any atom is -0.388 e. The number of benzene rings is 1. The number of hydrogen-bond acceptors (Lipinski definition) is 3. The zero-order valence-corrected chi connectivity index (χ0v) is 10.9. The fourth-order valence-electron chi connectivity index (χ4n) is 2.24. The molecule has 0 amide bonds. The van der Waals surface area contributed by atoms with Crippen molar-refractivity contribution in [2.45, 2.75) is 45.9 Å². The highest BCUT2D eigenvalue weighted by Gasteiger charge is 2.09. The molecule has 0 unspecified atom stereocenters. The van der Waals surface area contributed by atoms with Gasteiger partial charge in [0.25, 0.3) is 0 Å². The SMILES string of the molecule is CCCCCn1c(CO)nc2cc(CN)ccc21. The van der Waals surface area contributed by atoms with Gasteiger partial charge < -0.3 is 15.4 Å². The highest BCUT2D eigenvalue weighted by molar-refractivity contribution is 5.76. The third kappa shape index (κ3) is 2.54. The van der Waals surface area contributed by atoms with E-state index in [0.29, 0.717) is 6.54 Å². The molecule has 18 heavy (non-hydrogen) atoms. The molecule has 1 aromatic carbocycles. The Morgan fingerprint density at radius 1 is 1.33 bits per heavy atom. The van der Waals surface area contributed by atoms with Crippen LogP contribution in [0, 0.1) is 0 Å². The highest BCUT2D eigenvalue weighted by Crippen LogP contribution is 2.19. The number of aromatic nitrogens is 2. The molecule has 1 aromatic heterocycles. The van der Waals surface area contributed by atoms with E-state index in [1.165, 1.54) is 12.8 Å². The Balaban J connectivity index is 2.36. The van der Waals surface area contributed by atoms with Crippen LogP contribution >= 0.6 is 0 Å². The lowest BCUT2D eigenvalue weighted by Crippen LogP contribution is -2.04. The van der Waals surface area contributed by atoms with Crippen LogP contribution in [0.15, 0.2) is 18.2 Å². The second kappa shape index (κ2) is 5.98. The van der Waals surface area contributed by atoms with E-state index in [-0.39, 0.29) is 6.61 Å². The Bertz CT molecular complexity index is 519. The molecule has 2 aromatic rings. The molecule has 0 aliphatic heterocycles. The predicted octanol–water partition coefficient (Wildman–Crippen LogP) is 2.18. The van der Waals surface area contributed by atoms with Gasteiger partial charge >= 0.3 is 0 Å². The number of imidazole rings is 1. The summed E-state index contributed by atoms with van der Waals surface area (Å²) in [5.41, 5.74) is 8.73. The smallest absolute Gasteiger partial charge is 0.135 e. The highest BCUT2D eigenvalue weighted by atomic mass is 16.3.